The van der Waals surface area contributed by atoms with Crippen molar-refractivity contribution in [2.24, 2.45) is 0 Å². The Morgan fingerprint density at radius 2 is 1.10 bits per heavy atom. The minimum absolute atomic E-state index is 0.992. The second kappa shape index (κ2) is 7.41. The Hall–Kier alpha value is -3.90. The third kappa shape index (κ3) is 2.92. The van der Waals surface area contributed by atoms with Gasteiger partial charge < -0.3 is 0 Å². The van der Waals surface area contributed by atoms with Crippen molar-refractivity contribution in [3.05, 3.63) is 149 Å². The van der Waals surface area contributed by atoms with Gasteiger partial charge in [0.15, 0.2) is 0 Å². The van der Waals surface area contributed by atoms with Crippen molar-refractivity contribution >= 4 is 16.7 Å². The molecule has 0 heterocycles. The van der Waals surface area contributed by atoms with E-state index in [0.29, 0.717) is 0 Å². The topological polar surface area (TPSA) is 0 Å². The normalized spacial score (nSPS) is 13.7. The van der Waals surface area contributed by atoms with Crippen LogP contribution in [-0.2, 0) is 0 Å². The van der Waals surface area contributed by atoms with Crippen LogP contribution >= 0.6 is 0 Å². The first kappa shape index (κ1) is 17.9. The molecule has 0 nitrogen and oxygen atoms in total. The van der Waals surface area contributed by atoms with Crippen molar-refractivity contribution < 1.29 is 0 Å². The van der Waals surface area contributed by atoms with Crippen LogP contribution in [0.2, 0.25) is 0 Å². The van der Waals surface area contributed by atoms with Crippen molar-refractivity contribution in [3.63, 3.8) is 0 Å². The monoisotopic (exact) mass is 394 g/mol. The molecule has 0 saturated heterocycles. The largest absolute Gasteiger partial charge is 0.0801 e. The first-order chi connectivity index (χ1) is 15.4. The Balaban J connectivity index is 1.76. The maximum atomic E-state index is 2.29. The molecule has 0 unspecified atom stereocenters. The van der Waals surface area contributed by atoms with E-state index in [9.17, 15) is 0 Å². The lowest BCUT2D eigenvalue weighted by molar-refractivity contribution is 1.42. The molecule has 0 fully saturated rings. The number of hydrogen-bond acceptors (Lipinski definition) is 0. The smallest absolute Gasteiger partial charge is 0.000820 e. The van der Waals surface area contributed by atoms with E-state index in [4.69, 9.17) is 0 Å². The van der Waals surface area contributed by atoms with Crippen molar-refractivity contribution in [2.45, 2.75) is 6.42 Å². The van der Waals surface area contributed by atoms with Crippen LogP contribution in [0.1, 0.15) is 34.2 Å². The average molecular weight is 395 g/mol. The highest BCUT2D eigenvalue weighted by atomic mass is 14.3. The Kier molecular flexibility index (Phi) is 4.28. The molecule has 4 aromatic rings. The summed E-state index contributed by atoms with van der Waals surface area (Å²) in [6.07, 6.45) is 7.68. The molecule has 0 aliphatic heterocycles. The van der Waals surface area contributed by atoms with Gasteiger partial charge in [-0.3, -0.25) is 0 Å². The molecule has 2 aliphatic carbocycles. The Bertz CT molecular complexity index is 1320. The molecule has 0 bridgehead atoms. The summed E-state index contributed by atoms with van der Waals surface area (Å²) in [6.45, 7) is 0. The lowest BCUT2D eigenvalue weighted by Crippen LogP contribution is -1.97. The van der Waals surface area contributed by atoms with Gasteiger partial charge in [0, 0.05) is 0 Å². The summed E-state index contributed by atoms with van der Waals surface area (Å²) in [5, 5.41) is 0. The number of hydrogen-bond donors (Lipinski definition) is 0. The Morgan fingerprint density at radius 1 is 0.516 bits per heavy atom. The van der Waals surface area contributed by atoms with Gasteiger partial charge in [-0.25, -0.2) is 0 Å². The highest BCUT2D eigenvalue weighted by molar-refractivity contribution is 6.15. The number of allylic oxidation sites excluding steroid dienone is 4. The second-order valence-electron chi connectivity index (χ2n) is 8.08. The molecule has 0 spiro atoms. The van der Waals surface area contributed by atoms with Gasteiger partial charge in [0.05, 0.1) is 0 Å². The summed E-state index contributed by atoms with van der Waals surface area (Å²) >= 11 is 0. The first-order valence-corrected chi connectivity index (χ1v) is 10.9. The van der Waals surface area contributed by atoms with Gasteiger partial charge in [-0.05, 0) is 62.1 Å². The van der Waals surface area contributed by atoms with E-state index in [1.165, 1.54) is 55.7 Å². The van der Waals surface area contributed by atoms with Crippen molar-refractivity contribution in [2.75, 3.05) is 0 Å². The highest BCUT2D eigenvalue weighted by Crippen LogP contribution is 2.51. The molecule has 0 atom stereocenters. The van der Waals surface area contributed by atoms with Gasteiger partial charge in [0.1, 0.15) is 0 Å². The summed E-state index contributed by atoms with van der Waals surface area (Å²) in [5.74, 6) is 0. The summed E-state index contributed by atoms with van der Waals surface area (Å²) in [4.78, 5) is 0. The van der Waals surface area contributed by atoms with Crippen LogP contribution in [0.3, 0.4) is 0 Å². The molecule has 2 aliphatic rings. The van der Waals surface area contributed by atoms with E-state index >= 15 is 0 Å². The van der Waals surface area contributed by atoms with E-state index in [2.05, 4.69) is 121 Å². The maximum absolute atomic E-state index is 2.29. The molecule has 6 rings (SSSR count). The molecule has 0 heteroatoms. The molecule has 0 amide bonds. The van der Waals surface area contributed by atoms with Crippen molar-refractivity contribution in [1.29, 1.82) is 0 Å². The van der Waals surface area contributed by atoms with Gasteiger partial charge in [-0.15, -0.1) is 0 Å². The summed E-state index contributed by atoms with van der Waals surface area (Å²) in [7, 11) is 0. The SMILES string of the molecule is C1=CCC(c2cccc3c2C(=C(c2ccccc2)c2ccccc2)c2ccccc2-3)=C1. The van der Waals surface area contributed by atoms with Crippen LogP contribution in [0.25, 0.3) is 27.8 Å². The summed E-state index contributed by atoms with van der Waals surface area (Å²) in [6, 6.07) is 37.3. The van der Waals surface area contributed by atoms with E-state index in [-0.39, 0.29) is 0 Å². The van der Waals surface area contributed by atoms with Crippen LogP contribution < -0.4 is 0 Å². The summed E-state index contributed by atoms with van der Waals surface area (Å²) < 4.78 is 0. The first-order valence-electron chi connectivity index (χ1n) is 10.9. The molecule has 0 radical (unpaired) electrons. The van der Waals surface area contributed by atoms with Crippen molar-refractivity contribution in [3.8, 4) is 11.1 Å². The fourth-order valence-electron chi connectivity index (χ4n) is 4.96. The van der Waals surface area contributed by atoms with Crippen LogP contribution in [0.15, 0.2) is 121 Å². The lowest BCUT2D eigenvalue weighted by atomic mass is 9.85. The van der Waals surface area contributed by atoms with E-state index in [0.717, 1.165) is 6.42 Å². The minimum atomic E-state index is 0.992. The standard InChI is InChI=1S/C31H22/c1-3-14-23(15-4-1)29(24-16-5-2-6-17-24)31-28-19-10-9-18-26(28)27-21-11-20-25(30(27)31)22-12-7-8-13-22/h1-12,14-21H,13H2. The predicted octanol–water partition coefficient (Wildman–Crippen LogP) is 8.02. The van der Waals surface area contributed by atoms with E-state index < -0.39 is 0 Å². The van der Waals surface area contributed by atoms with Crippen LogP contribution in [0, 0.1) is 0 Å². The van der Waals surface area contributed by atoms with Gasteiger partial charge in [0.2, 0.25) is 0 Å². The van der Waals surface area contributed by atoms with Crippen LogP contribution in [0.5, 0.6) is 0 Å². The average Bonchev–Trinajstić information content (AvgIpc) is 3.48. The fourth-order valence-corrected chi connectivity index (χ4v) is 4.96. The maximum Gasteiger partial charge on any atom is -0.000820 e. The van der Waals surface area contributed by atoms with Crippen LogP contribution in [-0.4, -0.2) is 0 Å². The molecule has 146 valence electrons. The number of rotatable bonds is 3. The van der Waals surface area contributed by atoms with E-state index in [1.54, 1.807) is 0 Å². The molecular formula is C31H22. The summed E-state index contributed by atoms with van der Waals surface area (Å²) in [5.41, 5.74) is 13.2. The lowest BCUT2D eigenvalue weighted by Gasteiger charge is -2.18. The molecule has 4 aromatic carbocycles. The quantitative estimate of drug-likeness (QED) is 0.291. The minimum Gasteiger partial charge on any atom is -0.0801 e. The van der Waals surface area contributed by atoms with Gasteiger partial charge in [-0.1, -0.05) is 121 Å². The highest BCUT2D eigenvalue weighted by Gasteiger charge is 2.30. The molecule has 0 aromatic heterocycles. The predicted molar refractivity (Wildman–Crippen MR) is 132 cm³/mol. The zero-order valence-corrected chi connectivity index (χ0v) is 17.3. The zero-order chi connectivity index (χ0) is 20.6. The molecular weight excluding hydrogens is 372 g/mol. The van der Waals surface area contributed by atoms with Gasteiger partial charge in [-0.2, -0.15) is 0 Å². The zero-order valence-electron chi connectivity index (χ0n) is 17.3. The molecule has 0 saturated carbocycles. The number of benzene rings is 4. The second-order valence-corrected chi connectivity index (χ2v) is 8.08. The van der Waals surface area contributed by atoms with Crippen LogP contribution in [0.4, 0.5) is 0 Å². The Morgan fingerprint density at radius 3 is 1.74 bits per heavy atom. The fraction of sp³-hybridized carbons (Fsp3) is 0.0323. The number of fused-ring (bicyclic) bond motifs is 3. The van der Waals surface area contributed by atoms with E-state index in [1.807, 2.05) is 0 Å². The van der Waals surface area contributed by atoms with Crippen molar-refractivity contribution in [1.82, 2.24) is 0 Å². The Labute approximate surface area is 183 Å². The third-order valence-corrected chi connectivity index (χ3v) is 6.29. The molecule has 31 heavy (non-hydrogen) atoms. The molecule has 0 N–H and O–H groups in total. The van der Waals surface area contributed by atoms with Gasteiger partial charge in [0.25, 0.3) is 0 Å². The van der Waals surface area contributed by atoms with Gasteiger partial charge >= 0.3 is 0 Å². The third-order valence-electron chi connectivity index (χ3n) is 6.29.